The van der Waals surface area contributed by atoms with E-state index in [4.69, 9.17) is 9.84 Å². The fourth-order valence-corrected chi connectivity index (χ4v) is 1.99. The topological polar surface area (TPSA) is 75.5 Å². The number of rotatable bonds is 5. The van der Waals surface area contributed by atoms with Gasteiger partial charge in [0.25, 0.3) is 0 Å². The third kappa shape index (κ3) is 3.47. The number of hydrogen-bond acceptors (Lipinski definition) is 5. The van der Waals surface area contributed by atoms with Gasteiger partial charge in [0.15, 0.2) is 5.69 Å². The lowest BCUT2D eigenvalue weighted by molar-refractivity contribution is 0.0690. The summed E-state index contributed by atoms with van der Waals surface area (Å²) in [7, 11) is 3.43. The monoisotopic (exact) mass is 287 g/mol. The molecule has 21 heavy (non-hydrogen) atoms. The second-order valence-electron chi connectivity index (χ2n) is 4.67. The molecule has 0 fully saturated rings. The van der Waals surface area contributed by atoms with Crippen LogP contribution >= 0.6 is 0 Å². The fraction of sp³-hybridized carbons (Fsp3) is 0.267. The molecule has 0 atom stereocenters. The minimum atomic E-state index is -1.06. The third-order valence-corrected chi connectivity index (χ3v) is 3.00. The second-order valence-corrected chi connectivity index (χ2v) is 4.67. The number of carboxylic acids is 1. The van der Waals surface area contributed by atoms with Crippen LogP contribution in [-0.2, 0) is 6.54 Å². The third-order valence-electron chi connectivity index (χ3n) is 3.00. The van der Waals surface area contributed by atoms with E-state index in [0.717, 1.165) is 11.3 Å². The normalized spacial score (nSPS) is 10.2. The van der Waals surface area contributed by atoms with E-state index in [9.17, 15) is 4.79 Å². The Hall–Kier alpha value is -2.63. The van der Waals surface area contributed by atoms with Crippen LogP contribution in [0.2, 0.25) is 0 Å². The largest absolute Gasteiger partial charge is 0.496 e. The van der Waals surface area contributed by atoms with Crippen LogP contribution in [0.3, 0.4) is 0 Å². The van der Waals surface area contributed by atoms with Crippen molar-refractivity contribution in [1.29, 1.82) is 0 Å². The predicted octanol–water partition coefficient (Wildman–Crippen LogP) is 2.13. The number of nitrogens with zero attached hydrogens (tertiary/aromatic N) is 3. The SMILES string of the molecule is COc1ccccc1CN(C)c1nc(C)cc(C(=O)O)n1. The van der Waals surface area contributed by atoms with E-state index in [1.165, 1.54) is 6.07 Å². The first-order valence-corrected chi connectivity index (χ1v) is 6.43. The molecular weight excluding hydrogens is 270 g/mol. The molecule has 0 aliphatic heterocycles. The standard InChI is InChI=1S/C15H17N3O3/c1-10-8-12(14(19)20)17-15(16-10)18(2)9-11-6-4-5-7-13(11)21-3/h4-8H,9H2,1-3H3,(H,19,20). The molecule has 0 amide bonds. The molecule has 1 N–H and O–H groups in total. The molecule has 1 heterocycles. The summed E-state index contributed by atoms with van der Waals surface area (Å²) in [5, 5.41) is 9.06. The second kappa shape index (κ2) is 6.21. The van der Waals surface area contributed by atoms with Crippen LogP contribution in [0.1, 0.15) is 21.7 Å². The van der Waals surface area contributed by atoms with Gasteiger partial charge < -0.3 is 14.7 Å². The zero-order chi connectivity index (χ0) is 15.4. The van der Waals surface area contributed by atoms with Crippen molar-refractivity contribution >= 4 is 11.9 Å². The zero-order valence-corrected chi connectivity index (χ0v) is 12.2. The van der Waals surface area contributed by atoms with Gasteiger partial charge in [0, 0.05) is 24.8 Å². The quantitative estimate of drug-likeness (QED) is 0.908. The highest BCUT2D eigenvalue weighted by Gasteiger charge is 2.13. The Labute approximate surface area is 123 Å². The lowest BCUT2D eigenvalue weighted by Gasteiger charge is -2.19. The number of carbonyl (C=O) groups is 1. The van der Waals surface area contributed by atoms with E-state index in [0.29, 0.717) is 18.2 Å². The van der Waals surface area contributed by atoms with Gasteiger partial charge >= 0.3 is 5.97 Å². The van der Waals surface area contributed by atoms with Crippen LogP contribution in [0.5, 0.6) is 5.75 Å². The van der Waals surface area contributed by atoms with Crippen molar-refractivity contribution in [1.82, 2.24) is 9.97 Å². The molecule has 0 saturated heterocycles. The van der Waals surface area contributed by atoms with E-state index in [-0.39, 0.29) is 5.69 Å². The average Bonchev–Trinajstić information content (AvgIpc) is 2.47. The van der Waals surface area contributed by atoms with Crippen molar-refractivity contribution in [3.63, 3.8) is 0 Å². The van der Waals surface area contributed by atoms with Crippen molar-refractivity contribution < 1.29 is 14.6 Å². The van der Waals surface area contributed by atoms with Crippen molar-refractivity contribution in [3.05, 3.63) is 47.3 Å². The molecule has 0 unspecified atom stereocenters. The number of hydrogen-bond donors (Lipinski definition) is 1. The lowest BCUT2D eigenvalue weighted by atomic mass is 10.2. The molecule has 6 heteroatoms. The first-order valence-electron chi connectivity index (χ1n) is 6.43. The molecule has 2 rings (SSSR count). The van der Waals surface area contributed by atoms with Gasteiger partial charge in [-0.2, -0.15) is 0 Å². The van der Waals surface area contributed by atoms with E-state index in [1.807, 2.05) is 31.3 Å². The Morgan fingerprint density at radius 2 is 2.05 bits per heavy atom. The summed E-state index contributed by atoms with van der Waals surface area (Å²) in [5.41, 5.74) is 1.58. The fourth-order valence-electron chi connectivity index (χ4n) is 1.99. The van der Waals surface area contributed by atoms with E-state index < -0.39 is 5.97 Å². The number of benzene rings is 1. The van der Waals surface area contributed by atoms with Gasteiger partial charge in [-0.05, 0) is 19.1 Å². The Balaban J connectivity index is 2.28. The van der Waals surface area contributed by atoms with Gasteiger partial charge in [0.2, 0.25) is 5.95 Å². The predicted molar refractivity (Wildman–Crippen MR) is 78.8 cm³/mol. The van der Waals surface area contributed by atoms with Crippen LogP contribution in [0.25, 0.3) is 0 Å². The number of methoxy groups -OCH3 is 1. The molecule has 0 aliphatic rings. The van der Waals surface area contributed by atoms with Crippen LogP contribution in [0.4, 0.5) is 5.95 Å². The Kier molecular flexibility index (Phi) is 4.37. The summed E-state index contributed by atoms with van der Waals surface area (Å²) in [6, 6.07) is 9.09. The highest BCUT2D eigenvalue weighted by molar-refractivity contribution is 5.85. The van der Waals surface area contributed by atoms with Gasteiger partial charge in [-0.25, -0.2) is 14.8 Å². The molecule has 0 spiro atoms. The van der Waals surface area contributed by atoms with E-state index >= 15 is 0 Å². The molecule has 1 aromatic heterocycles. The van der Waals surface area contributed by atoms with Gasteiger partial charge in [-0.1, -0.05) is 18.2 Å². The van der Waals surface area contributed by atoms with E-state index in [1.54, 1.807) is 18.9 Å². The molecule has 6 nitrogen and oxygen atoms in total. The molecule has 2 aromatic rings. The summed E-state index contributed by atoms with van der Waals surface area (Å²) >= 11 is 0. The Morgan fingerprint density at radius 3 is 2.71 bits per heavy atom. The number of aryl methyl sites for hydroxylation is 1. The summed E-state index contributed by atoms with van der Waals surface area (Å²) in [6.45, 7) is 2.26. The molecule has 1 aromatic carbocycles. The van der Waals surface area contributed by atoms with Crippen LogP contribution in [0, 0.1) is 6.92 Å². The number of para-hydroxylation sites is 1. The summed E-state index contributed by atoms with van der Waals surface area (Å²) < 4.78 is 5.31. The van der Waals surface area contributed by atoms with Gasteiger partial charge in [-0.3, -0.25) is 0 Å². The maximum Gasteiger partial charge on any atom is 0.354 e. The zero-order valence-electron chi connectivity index (χ0n) is 12.2. The summed E-state index contributed by atoms with van der Waals surface area (Å²) in [6.07, 6.45) is 0. The maximum atomic E-state index is 11.1. The molecule has 110 valence electrons. The Morgan fingerprint density at radius 1 is 1.33 bits per heavy atom. The first kappa shape index (κ1) is 14.8. The van der Waals surface area contributed by atoms with Gasteiger partial charge in [-0.15, -0.1) is 0 Å². The van der Waals surface area contributed by atoms with Crippen LogP contribution in [0.15, 0.2) is 30.3 Å². The molecule has 0 saturated carbocycles. The van der Waals surface area contributed by atoms with Gasteiger partial charge in [0.1, 0.15) is 5.75 Å². The minimum absolute atomic E-state index is 0.00984. The number of aromatic carboxylic acids is 1. The number of carboxylic acid groups (broad SMARTS) is 1. The van der Waals surface area contributed by atoms with Crippen molar-refractivity contribution in [2.45, 2.75) is 13.5 Å². The molecule has 0 radical (unpaired) electrons. The lowest BCUT2D eigenvalue weighted by Crippen LogP contribution is -2.21. The number of aromatic nitrogens is 2. The minimum Gasteiger partial charge on any atom is -0.496 e. The van der Waals surface area contributed by atoms with Crippen molar-refractivity contribution in [2.24, 2.45) is 0 Å². The average molecular weight is 287 g/mol. The number of ether oxygens (including phenoxy) is 1. The van der Waals surface area contributed by atoms with E-state index in [2.05, 4.69) is 9.97 Å². The molecule has 0 bridgehead atoms. The van der Waals surface area contributed by atoms with Crippen LogP contribution < -0.4 is 9.64 Å². The Bertz CT molecular complexity index is 658. The van der Waals surface area contributed by atoms with Crippen LogP contribution in [-0.4, -0.2) is 35.2 Å². The maximum absolute atomic E-state index is 11.1. The highest BCUT2D eigenvalue weighted by atomic mass is 16.5. The molecule has 0 aliphatic carbocycles. The summed E-state index contributed by atoms with van der Waals surface area (Å²) in [5.74, 6) is 0.0845. The first-order chi connectivity index (χ1) is 10.0. The van der Waals surface area contributed by atoms with Gasteiger partial charge in [0.05, 0.1) is 7.11 Å². The smallest absolute Gasteiger partial charge is 0.354 e. The highest BCUT2D eigenvalue weighted by Crippen LogP contribution is 2.20. The van der Waals surface area contributed by atoms with Crippen molar-refractivity contribution in [2.75, 3.05) is 19.1 Å². The number of anilines is 1. The van der Waals surface area contributed by atoms with Crippen molar-refractivity contribution in [3.8, 4) is 5.75 Å². The molecular formula is C15H17N3O3. The summed E-state index contributed by atoms with van der Waals surface area (Å²) in [4.78, 5) is 21.2.